The van der Waals surface area contributed by atoms with E-state index in [1.165, 1.54) is 0 Å². The summed E-state index contributed by atoms with van der Waals surface area (Å²) in [5, 5.41) is 6.46. The Morgan fingerprint density at radius 1 is 1.12 bits per heavy atom. The first kappa shape index (κ1) is 22.9. The van der Waals surface area contributed by atoms with Crippen LogP contribution in [0.15, 0.2) is 29.3 Å². The van der Waals surface area contributed by atoms with Gasteiger partial charge in [-0.25, -0.2) is 0 Å². The van der Waals surface area contributed by atoms with E-state index in [9.17, 15) is 0 Å². The lowest BCUT2D eigenvalue weighted by molar-refractivity contribution is 0.123. The van der Waals surface area contributed by atoms with Gasteiger partial charge in [-0.05, 0) is 19.4 Å². The minimum absolute atomic E-state index is 0. The van der Waals surface area contributed by atoms with E-state index in [-0.39, 0.29) is 24.0 Å². The van der Waals surface area contributed by atoms with E-state index >= 15 is 0 Å². The van der Waals surface area contributed by atoms with E-state index in [1.807, 2.05) is 31.2 Å². The fraction of sp³-hybridized carbons (Fsp3) is 0.588. The summed E-state index contributed by atoms with van der Waals surface area (Å²) in [6, 6.07) is 7.88. The van der Waals surface area contributed by atoms with Gasteiger partial charge in [0.05, 0.1) is 20.3 Å². The Balaban J connectivity index is 0.00000529. The van der Waals surface area contributed by atoms with Crippen LogP contribution in [0.25, 0.3) is 0 Å². The highest BCUT2D eigenvalue weighted by Crippen LogP contribution is 2.17. The first-order chi connectivity index (χ1) is 11.3. The van der Waals surface area contributed by atoms with Crippen LogP contribution in [-0.4, -0.2) is 53.0 Å². The topological polar surface area (TPSA) is 64.1 Å². The Morgan fingerprint density at radius 3 is 2.62 bits per heavy atom. The highest BCUT2D eigenvalue weighted by Gasteiger charge is 2.01. The van der Waals surface area contributed by atoms with Gasteiger partial charge in [0.25, 0.3) is 0 Å². The van der Waals surface area contributed by atoms with Crippen molar-refractivity contribution < 1.29 is 14.2 Å². The smallest absolute Gasteiger partial charge is 0.191 e. The van der Waals surface area contributed by atoms with Crippen molar-refractivity contribution in [2.24, 2.45) is 4.99 Å². The molecule has 2 N–H and O–H groups in total. The number of nitrogens with one attached hydrogen (secondary N) is 2. The lowest BCUT2D eigenvalue weighted by Gasteiger charge is -2.12. The summed E-state index contributed by atoms with van der Waals surface area (Å²) in [5.41, 5.74) is 1.05. The number of rotatable bonds is 11. The summed E-state index contributed by atoms with van der Waals surface area (Å²) in [6.07, 6.45) is 0.914. The van der Waals surface area contributed by atoms with E-state index in [0.29, 0.717) is 19.8 Å². The molecule has 0 aromatic heterocycles. The molecule has 1 aromatic rings. The van der Waals surface area contributed by atoms with E-state index in [1.54, 1.807) is 14.2 Å². The SMILES string of the molecule is CCNC(=NCCCOC)NCCOCc1ccccc1OC.I. The molecule has 0 aliphatic rings. The Morgan fingerprint density at radius 2 is 1.92 bits per heavy atom. The zero-order chi connectivity index (χ0) is 16.8. The van der Waals surface area contributed by atoms with Crippen molar-refractivity contribution in [3.8, 4) is 5.75 Å². The molecule has 0 bridgehead atoms. The second kappa shape index (κ2) is 15.5. The molecule has 0 amide bonds. The van der Waals surface area contributed by atoms with Crippen molar-refractivity contribution in [2.75, 3.05) is 47.1 Å². The van der Waals surface area contributed by atoms with Gasteiger partial charge in [-0.3, -0.25) is 4.99 Å². The quantitative estimate of drug-likeness (QED) is 0.234. The molecule has 0 unspecified atom stereocenters. The second-order valence-corrected chi connectivity index (χ2v) is 4.90. The summed E-state index contributed by atoms with van der Waals surface area (Å²) in [5.74, 6) is 1.66. The standard InChI is InChI=1S/C17H29N3O3.HI/c1-4-18-17(19-10-7-12-21-2)20-11-13-23-14-15-8-5-6-9-16(15)22-3;/h5-6,8-9H,4,7,10-14H2,1-3H3,(H2,18,19,20);1H. The van der Waals surface area contributed by atoms with Gasteiger partial charge in [-0.1, -0.05) is 18.2 Å². The minimum Gasteiger partial charge on any atom is -0.496 e. The average molecular weight is 451 g/mol. The molecule has 1 rings (SSSR count). The van der Waals surface area contributed by atoms with E-state index in [4.69, 9.17) is 14.2 Å². The van der Waals surface area contributed by atoms with Crippen LogP contribution in [0.2, 0.25) is 0 Å². The Bertz CT molecular complexity index is 458. The number of aliphatic imine (C=N–C) groups is 1. The van der Waals surface area contributed by atoms with Gasteiger partial charge in [-0.2, -0.15) is 0 Å². The van der Waals surface area contributed by atoms with Gasteiger partial charge < -0.3 is 24.8 Å². The van der Waals surface area contributed by atoms with Gasteiger partial charge in [-0.15, -0.1) is 24.0 Å². The number of ether oxygens (including phenoxy) is 3. The third-order valence-electron chi connectivity index (χ3n) is 3.11. The summed E-state index contributed by atoms with van der Waals surface area (Å²) < 4.78 is 16.0. The van der Waals surface area contributed by atoms with Gasteiger partial charge in [0.15, 0.2) is 5.96 Å². The van der Waals surface area contributed by atoms with E-state index < -0.39 is 0 Å². The number of hydrogen-bond donors (Lipinski definition) is 2. The summed E-state index contributed by atoms with van der Waals surface area (Å²) in [6.45, 7) is 6.18. The number of benzene rings is 1. The highest BCUT2D eigenvalue weighted by molar-refractivity contribution is 14.0. The van der Waals surface area contributed by atoms with Gasteiger partial charge in [0.2, 0.25) is 0 Å². The number of hydrogen-bond acceptors (Lipinski definition) is 4. The van der Waals surface area contributed by atoms with Gasteiger partial charge >= 0.3 is 0 Å². The molecule has 0 heterocycles. The van der Waals surface area contributed by atoms with Crippen LogP contribution in [0.4, 0.5) is 0 Å². The molecule has 1 aromatic carbocycles. The van der Waals surface area contributed by atoms with Crippen molar-refractivity contribution in [1.82, 2.24) is 10.6 Å². The number of guanidine groups is 1. The summed E-state index contributed by atoms with van der Waals surface area (Å²) in [4.78, 5) is 4.47. The molecule has 24 heavy (non-hydrogen) atoms. The van der Waals surface area contributed by atoms with Crippen LogP contribution >= 0.6 is 24.0 Å². The van der Waals surface area contributed by atoms with Crippen LogP contribution < -0.4 is 15.4 Å². The monoisotopic (exact) mass is 451 g/mol. The predicted molar refractivity (Wildman–Crippen MR) is 109 cm³/mol. The van der Waals surface area contributed by atoms with Crippen molar-refractivity contribution in [3.63, 3.8) is 0 Å². The second-order valence-electron chi connectivity index (χ2n) is 4.90. The number of nitrogens with zero attached hydrogens (tertiary/aromatic N) is 1. The Kier molecular flexibility index (Phi) is 14.8. The molecular formula is C17H30IN3O3. The van der Waals surface area contributed by atoms with Gasteiger partial charge in [0, 0.05) is 38.9 Å². The van der Waals surface area contributed by atoms with Crippen LogP contribution in [0, 0.1) is 0 Å². The Labute approximate surface area is 162 Å². The highest BCUT2D eigenvalue weighted by atomic mass is 127. The maximum Gasteiger partial charge on any atom is 0.191 e. The van der Waals surface area contributed by atoms with E-state index in [0.717, 1.165) is 43.4 Å². The molecule has 138 valence electrons. The molecule has 6 nitrogen and oxygen atoms in total. The van der Waals surface area contributed by atoms with E-state index in [2.05, 4.69) is 15.6 Å². The molecule has 0 atom stereocenters. The first-order valence-electron chi connectivity index (χ1n) is 8.02. The normalized spacial score (nSPS) is 10.9. The molecule has 7 heteroatoms. The predicted octanol–water partition coefficient (Wildman–Crippen LogP) is 2.42. The van der Waals surface area contributed by atoms with Crippen molar-refractivity contribution in [1.29, 1.82) is 0 Å². The molecule has 0 aliphatic carbocycles. The molecule has 0 spiro atoms. The summed E-state index contributed by atoms with van der Waals surface area (Å²) in [7, 11) is 3.37. The third-order valence-corrected chi connectivity index (χ3v) is 3.11. The zero-order valence-electron chi connectivity index (χ0n) is 14.8. The minimum atomic E-state index is 0. The maximum absolute atomic E-state index is 5.69. The van der Waals surface area contributed by atoms with Crippen molar-refractivity contribution >= 4 is 29.9 Å². The van der Waals surface area contributed by atoms with Crippen LogP contribution in [0.1, 0.15) is 18.9 Å². The fourth-order valence-corrected chi connectivity index (χ4v) is 1.99. The third kappa shape index (κ3) is 9.94. The molecule has 0 radical (unpaired) electrons. The first-order valence-corrected chi connectivity index (χ1v) is 8.02. The molecule has 0 fully saturated rings. The van der Waals surface area contributed by atoms with Crippen LogP contribution in [-0.2, 0) is 16.1 Å². The van der Waals surface area contributed by atoms with Gasteiger partial charge in [0.1, 0.15) is 5.75 Å². The molecular weight excluding hydrogens is 421 g/mol. The van der Waals surface area contributed by atoms with Crippen LogP contribution in [0.3, 0.4) is 0 Å². The molecule has 0 aliphatic heterocycles. The lowest BCUT2D eigenvalue weighted by Crippen LogP contribution is -2.39. The number of halogens is 1. The Hall–Kier alpha value is -1.06. The lowest BCUT2D eigenvalue weighted by atomic mass is 10.2. The van der Waals surface area contributed by atoms with Crippen LogP contribution in [0.5, 0.6) is 5.75 Å². The number of para-hydroxylation sites is 1. The zero-order valence-corrected chi connectivity index (χ0v) is 17.2. The average Bonchev–Trinajstić information content (AvgIpc) is 2.58. The van der Waals surface area contributed by atoms with Crippen molar-refractivity contribution in [3.05, 3.63) is 29.8 Å². The fourth-order valence-electron chi connectivity index (χ4n) is 1.99. The largest absolute Gasteiger partial charge is 0.496 e. The number of methoxy groups -OCH3 is 2. The molecule has 0 saturated heterocycles. The maximum atomic E-state index is 5.69. The summed E-state index contributed by atoms with van der Waals surface area (Å²) >= 11 is 0. The van der Waals surface area contributed by atoms with Crippen molar-refractivity contribution in [2.45, 2.75) is 20.0 Å². The molecule has 0 saturated carbocycles.